The highest BCUT2D eigenvalue weighted by molar-refractivity contribution is 7.22. The number of amides is 1. The van der Waals surface area contributed by atoms with E-state index in [4.69, 9.17) is 4.74 Å². The Kier molecular flexibility index (Phi) is 5.73. The largest absolute Gasteiger partial charge is 0.379 e. The van der Waals surface area contributed by atoms with Crippen molar-refractivity contribution in [3.05, 3.63) is 59.9 Å². The molecule has 0 bridgehead atoms. The zero-order valence-corrected chi connectivity index (χ0v) is 17.8. The van der Waals surface area contributed by atoms with Crippen LogP contribution < -0.4 is 4.90 Å². The first kappa shape index (κ1) is 20.8. The molecule has 1 aliphatic rings. The van der Waals surface area contributed by atoms with E-state index in [9.17, 15) is 13.6 Å². The Morgan fingerprint density at radius 2 is 1.88 bits per heavy atom. The van der Waals surface area contributed by atoms with E-state index >= 15 is 0 Å². The van der Waals surface area contributed by atoms with Gasteiger partial charge < -0.3 is 4.74 Å². The van der Waals surface area contributed by atoms with Crippen molar-refractivity contribution in [2.24, 2.45) is 0 Å². The minimum atomic E-state index is -0.746. The quantitative estimate of drug-likeness (QED) is 0.459. The third-order valence-corrected chi connectivity index (χ3v) is 6.36. The number of aromatic nitrogens is 3. The lowest BCUT2D eigenvalue weighted by Crippen LogP contribution is -2.43. The molecule has 0 unspecified atom stereocenters. The van der Waals surface area contributed by atoms with Crippen molar-refractivity contribution in [1.29, 1.82) is 0 Å². The number of nitrogens with zero attached hydrogens (tertiary/aromatic N) is 5. The molecule has 2 aromatic carbocycles. The van der Waals surface area contributed by atoms with Gasteiger partial charge in [0.1, 0.15) is 11.3 Å². The van der Waals surface area contributed by atoms with Crippen LogP contribution in [0.1, 0.15) is 10.4 Å². The highest BCUT2D eigenvalue weighted by Crippen LogP contribution is 2.32. The molecule has 3 heterocycles. The second-order valence-corrected chi connectivity index (χ2v) is 8.41. The molecule has 1 aliphatic heterocycles. The van der Waals surface area contributed by atoms with Crippen LogP contribution in [0.5, 0.6) is 0 Å². The third kappa shape index (κ3) is 4.16. The Bertz CT molecular complexity index is 1290. The molecule has 10 heteroatoms. The lowest BCUT2D eigenvalue weighted by atomic mass is 10.1. The van der Waals surface area contributed by atoms with E-state index in [0.717, 1.165) is 30.5 Å². The molecule has 1 amide bonds. The van der Waals surface area contributed by atoms with E-state index in [0.29, 0.717) is 52.7 Å². The van der Waals surface area contributed by atoms with Crippen molar-refractivity contribution >= 4 is 43.6 Å². The Labute approximate surface area is 186 Å². The fourth-order valence-electron chi connectivity index (χ4n) is 3.66. The lowest BCUT2D eigenvalue weighted by Gasteiger charge is -2.29. The molecule has 0 radical (unpaired) electrons. The number of halogens is 2. The van der Waals surface area contributed by atoms with Gasteiger partial charge in [-0.25, -0.2) is 13.8 Å². The second kappa shape index (κ2) is 8.81. The zero-order valence-electron chi connectivity index (χ0n) is 17.0. The van der Waals surface area contributed by atoms with Crippen LogP contribution >= 0.6 is 11.3 Å². The Morgan fingerprint density at radius 3 is 2.69 bits per heavy atom. The van der Waals surface area contributed by atoms with E-state index in [-0.39, 0.29) is 11.4 Å². The predicted octanol–water partition coefficient (Wildman–Crippen LogP) is 3.50. The fourth-order valence-corrected chi connectivity index (χ4v) is 4.69. The molecule has 7 nitrogen and oxygen atoms in total. The van der Waals surface area contributed by atoms with Gasteiger partial charge in [0.2, 0.25) is 0 Å². The lowest BCUT2D eigenvalue weighted by molar-refractivity contribution is 0.0391. The second-order valence-electron chi connectivity index (χ2n) is 7.40. The first-order valence-corrected chi connectivity index (χ1v) is 11.0. The van der Waals surface area contributed by atoms with Crippen molar-refractivity contribution in [1.82, 2.24) is 19.9 Å². The first-order chi connectivity index (χ1) is 15.6. The monoisotopic (exact) mass is 455 g/mol. The minimum Gasteiger partial charge on any atom is -0.379 e. The number of ether oxygens (including phenoxy) is 1. The van der Waals surface area contributed by atoms with Gasteiger partial charge in [-0.1, -0.05) is 11.3 Å². The van der Waals surface area contributed by atoms with Crippen LogP contribution in [-0.2, 0) is 4.74 Å². The van der Waals surface area contributed by atoms with Gasteiger partial charge in [-0.15, -0.1) is 0 Å². The molecule has 0 atom stereocenters. The SMILES string of the molecule is O=C(c1ccc2nccnc2c1)N(CCN1CCOCC1)c1nc2c(F)cc(F)cc2s1. The van der Waals surface area contributed by atoms with Gasteiger partial charge in [-0.2, -0.15) is 0 Å². The molecule has 32 heavy (non-hydrogen) atoms. The molecular formula is C22H19F2N5O2S. The summed E-state index contributed by atoms with van der Waals surface area (Å²) in [5, 5.41) is 0.321. The maximum absolute atomic E-state index is 14.3. The molecule has 5 rings (SSSR count). The molecule has 4 aromatic rings. The van der Waals surface area contributed by atoms with E-state index in [1.165, 1.54) is 11.0 Å². The highest BCUT2D eigenvalue weighted by atomic mass is 32.1. The van der Waals surface area contributed by atoms with E-state index in [1.807, 2.05) is 0 Å². The van der Waals surface area contributed by atoms with Gasteiger partial charge >= 0.3 is 0 Å². The summed E-state index contributed by atoms with van der Waals surface area (Å²) in [5.41, 5.74) is 1.76. The summed E-state index contributed by atoms with van der Waals surface area (Å²) >= 11 is 1.09. The highest BCUT2D eigenvalue weighted by Gasteiger charge is 2.24. The van der Waals surface area contributed by atoms with Crippen LogP contribution in [0.2, 0.25) is 0 Å². The normalized spacial score (nSPS) is 14.8. The average molecular weight is 455 g/mol. The van der Waals surface area contributed by atoms with Crippen molar-refractivity contribution < 1.29 is 18.3 Å². The van der Waals surface area contributed by atoms with Crippen molar-refractivity contribution in [2.45, 2.75) is 0 Å². The summed E-state index contributed by atoms with van der Waals surface area (Å²) in [6.07, 6.45) is 3.16. The van der Waals surface area contributed by atoms with Gasteiger partial charge in [0, 0.05) is 50.2 Å². The van der Waals surface area contributed by atoms with Crippen LogP contribution in [0.25, 0.3) is 21.3 Å². The summed E-state index contributed by atoms with van der Waals surface area (Å²) in [4.78, 5) is 30.1. The van der Waals surface area contributed by atoms with Gasteiger partial charge in [-0.05, 0) is 24.3 Å². The number of hydrogen-bond donors (Lipinski definition) is 0. The van der Waals surface area contributed by atoms with Crippen LogP contribution in [0.3, 0.4) is 0 Å². The molecular weight excluding hydrogens is 436 g/mol. The van der Waals surface area contributed by atoms with Crippen LogP contribution in [0.4, 0.5) is 13.9 Å². The summed E-state index contributed by atoms with van der Waals surface area (Å²) in [7, 11) is 0. The van der Waals surface area contributed by atoms with Crippen molar-refractivity contribution in [3.8, 4) is 0 Å². The number of carbonyl (C=O) groups excluding carboxylic acids is 1. The van der Waals surface area contributed by atoms with Gasteiger partial charge in [-0.3, -0.25) is 24.6 Å². The smallest absolute Gasteiger partial charge is 0.260 e. The maximum Gasteiger partial charge on any atom is 0.260 e. The predicted molar refractivity (Wildman–Crippen MR) is 118 cm³/mol. The molecule has 0 aliphatic carbocycles. The summed E-state index contributed by atoms with van der Waals surface area (Å²) in [6, 6.07) is 7.14. The van der Waals surface area contributed by atoms with Gasteiger partial charge in [0.15, 0.2) is 10.9 Å². The number of rotatable bonds is 5. The minimum absolute atomic E-state index is 0.0555. The number of hydrogen-bond acceptors (Lipinski definition) is 7. The standard InChI is InChI=1S/C22H19F2N5O2S/c23-15-12-16(24)20-19(13-15)32-22(27-20)29(6-5-28-7-9-31-10-8-28)21(30)14-1-2-17-18(11-14)26-4-3-25-17/h1-4,11-13H,5-10H2. The number of carbonyl (C=O) groups is 1. The summed E-state index contributed by atoms with van der Waals surface area (Å²) in [6.45, 7) is 3.78. The molecule has 1 fully saturated rings. The Balaban J connectivity index is 1.50. The van der Waals surface area contributed by atoms with Crippen LogP contribution in [0.15, 0.2) is 42.7 Å². The number of anilines is 1. The van der Waals surface area contributed by atoms with Crippen molar-refractivity contribution in [2.75, 3.05) is 44.3 Å². The Morgan fingerprint density at radius 1 is 1.09 bits per heavy atom. The van der Waals surface area contributed by atoms with E-state index < -0.39 is 11.6 Å². The molecule has 164 valence electrons. The summed E-state index contributed by atoms with van der Waals surface area (Å²) in [5.74, 6) is -1.71. The van der Waals surface area contributed by atoms with Gasteiger partial charge in [0.25, 0.3) is 5.91 Å². The average Bonchev–Trinajstić information content (AvgIpc) is 3.23. The van der Waals surface area contributed by atoms with Crippen LogP contribution in [-0.4, -0.2) is 65.2 Å². The molecule has 1 saturated heterocycles. The fraction of sp³-hybridized carbons (Fsp3) is 0.273. The number of fused-ring (bicyclic) bond motifs is 2. The number of morpholine rings is 1. The topological polar surface area (TPSA) is 71.5 Å². The molecule has 0 spiro atoms. The van der Waals surface area contributed by atoms with E-state index in [2.05, 4.69) is 19.9 Å². The van der Waals surface area contributed by atoms with E-state index in [1.54, 1.807) is 30.6 Å². The van der Waals surface area contributed by atoms with Gasteiger partial charge in [0.05, 0.1) is 28.9 Å². The maximum atomic E-state index is 14.3. The molecule has 0 N–H and O–H groups in total. The number of benzene rings is 2. The third-order valence-electron chi connectivity index (χ3n) is 5.34. The van der Waals surface area contributed by atoms with Crippen LogP contribution in [0, 0.1) is 11.6 Å². The zero-order chi connectivity index (χ0) is 22.1. The van der Waals surface area contributed by atoms with Crippen molar-refractivity contribution in [3.63, 3.8) is 0 Å². The number of thiazole rings is 1. The first-order valence-electron chi connectivity index (χ1n) is 10.2. The molecule has 2 aromatic heterocycles. The Hall–Kier alpha value is -3.08. The summed E-state index contributed by atoms with van der Waals surface area (Å²) < 4.78 is 33.7. The molecule has 0 saturated carbocycles.